The molecule has 0 saturated carbocycles. The summed E-state index contributed by atoms with van der Waals surface area (Å²) in [5, 5.41) is 3.53. The van der Waals surface area contributed by atoms with Gasteiger partial charge in [0.1, 0.15) is 7.05 Å². The molecule has 5 nitrogen and oxygen atoms in total. The third-order valence-corrected chi connectivity index (χ3v) is 2.48. The zero-order valence-corrected chi connectivity index (χ0v) is 9.13. The van der Waals surface area contributed by atoms with E-state index in [1.807, 2.05) is 0 Å². The molecule has 13 heavy (non-hydrogen) atoms. The number of aryl methyl sites for hydroxylation is 2. The van der Waals surface area contributed by atoms with Crippen LogP contribution in [0.25, 0.3) is 0 Å². The van der Waals surface area contributed by atoms with E-state index in [4.69, 9.17) is 18.6 Å². The molecule has 0 amide bonds. The molecule has 0 aromatic carbocycles. The predicted octanol–water partition coefficient (Wildman–Crippen LogP) is -1.67. The Kier molecular flexibility index (Phi) is 4.76. The molecule has 7 heteroatoms. The van der Waals surface area contributed by atoms with Crippen LogP contribution in [0.1, 0.15) is 10.7 Å². The van der Waals surface area contributed by atoms with Gasteiger partial charge < -0.3 is 0 Å². The Hall–Kier alpha value is -0.240. The van der Waals surface area contributed by atoms with Crippen molar-refractivity contribution >= 4 is 11.3 Å². The van der Waals surface area contributed by atoms with E-state index in [0.29, 0.717) is 0 Å². The van der Waals surface area contributed by atoms with Crippen LogP contribution < -0.4 is 9.23 Å². The van der Waals surface area contributed by atoms with Gasteiger partial charge >= 0.3 is 28.9 Å². The number of aromatic nitrogens is 1. The number of nitrogens with zero attached hydrogens (tertiary/aromatic N) is 1. The van der Waals surface area contributed by atoms with Crippen molar-refractivity contribution in [1.82, 2.24) is 0 Å². The second kappa shape index (κ2) is 4.85. The van der Waals surface area contributed by atoms with Crippen molar-refractivity contribution in [3.8, 4) is 0 Å². The molecule has 3 N–H and O–H groups in total. The van der Waals surface area contributed by atoms with Gasteiger partial charge in [0.15, 0.2) is 5.69 Å². The molecule has 0 bridgehead atoms. The molecule has 0 aliphatic rings. The molecule has 1 heterocycles. The Bertz CT molecular complexity index is 245. The van der Waals surface area contributed by atoms with E-state index in [2.05, 4.69) is 30.8 Å². The molecule has 0 unspecified atom stereocenters. The summed E-state index contributed by atoms with van der Waals surface area (Å²) in [5.74, 6) is 0. The molecular formula is C6H13ClNO4S+. The zero-order valence-electron chi connectivity index (χ0n) is 7.56. The fraction of sp³-hybridized carbons (Fsp3) is 0.500. The predicted molar refractivity (Wildman–Crippen MR) is 41.6 cm³/mol. The topological polar surface area (TPSA) is 87.6 Å². The average Bonchev–Trinajstić information content (AvgIpc) is 2.16. The Morgan fingerprint density at radius 3 is 1.85 bits per heavy atom. The second-order valence-corrected chi connectivity index (χ2v) is 4.32. The van der Waals surface area contributed by atoms with E-state index in [-0.39, 0.29) is 0 Å². The SMILES string of the molecule is Cc1csc(C)[n+]1C.[O-][Cl+](O)(O)O. The Labute approximate surface area is 82.2 Å². The van der Waals surface area contributed by atoms with Gasteiger partial charge in [-0.3, -0.25) is 0 Å². The minimum atomic E-state index is -4.19. The van der Waals surface area contributed by atoms with Crippen molar-refractivity contribution in [3.63, 3.8) is 0 Å². The first kappa shape index (κ1) is 12.8. The molecule has 0 aliphatic heterocycles. The third kappa shape index (κ3) is 6.88. The standard InChI is InChI=1S/C6H10NS.ClH3O4/c1-5-4-8-6(2)7(5)3;2-1(3,4)5/h4H,1-3H3;2-4H/q+1;. The summed E-state index contributed by atoms with van der Waals surface area (Å²) in [6.07, 6.45) is 0. The first-order valence-corrected chi connectivity index (χ1v) is 5.49. The summed E-state index contributed by atoms with van der Waals surface area (Å²) in [6.45, 7) is 4.24. The Balaban J connectivity index is 0.000000252. The molecule has 0 radical (unpaired) electrons. The van der Waals surface area contributed by atoms with Crippen molar-refractivity contribution in [2.75, 3.05) is 0 Å². The monoisotopic (exact) mass is 230 g/mol. The van der Waals surface area contributed by atoms with Gasteiger partial charge in [0.05, 0.1) is 5.38 Å². The maximum absolute atomic E-state index is 8.83. The molecule has 0 atom stereocenters. The number of thiazole rings is 1. The van der Waals surface area contributed by atoms with Gasteiger partial charge in [-0.25, -0.2) is 0 Å². The van der Waals surface area contributed by atoms with Gasteiger partial charge in [-0.15, -0.1) is 0 Å². The van der Waals surface area contributed by atoms with E-state index in [1.54, 1.807) is 11.3 Å². The fourth-order valence-electron chi connectivity index (χ4n) is 0.577. The van der Waals surface area contributed by atoms with Gasteiger partial charge in [-0.1, -0.05) is 11.3 Å². The van der Waals surface area contributed by atoms with Crippen LogP contribution >= 0.6 is 11.3 Å². The second-order valence-electron chi connectivity index (χ2n) is 2.39. The van der Waals surface area contributed by atoms with Crippen molar-refractivity contribution < 1.29 is 33.4 Å². The molecule has 78 valence electrons. The van der Waals surface area contributed by atoms with Gasteiger partial charge in [-0.05, 0) is 0 Å². The third-order valence-electron chi connectivity index (χ3n) is 1.40. The van der Waals surface area contributed by atoms with Gasteiger partial charge in [0, 0.05) is 13.8 Å². The minimum absolute atomic E-state index is 1.34. The molecule has 1 rings (SSSR count). The molecule has 0 aliphatic carbocycles. The van der Waals surface area contributed by atoms with Crippen LogP contribution in [-0.4, -0.2) is 14.0 Å². The average molecular weight is 231 g/mol. The van der Waals surface area contributed by atoms with Crippen LogP contribution in [0.4, 0.5) is 0 Å². The number of hydrogen-bond acceptors (Lipinski definition) is 5. The molecular weight excluding hydrogens is 218 g/mol. The molecule has 0 fully saturated rings. The molecule has 0 saturated heterocycles. The van der Waals surface area contributed by atoms with Gasteiger partial charge in [0.25, 0.3) is 0 Å². The number of hydrogen-bond donors (Lipinski definition) is 3. The fourth-order valence-corrected chi connectivity index (χ4v) is 1.38. The summed E-state index contributed by atoms with van der Waals surface area (Å²) >= 11 is 1.79. The van der Waals surface area contributed by atoms with E-state index in [0.717, 1.165) is 0 Å². The summed E-state index contributed by atoms with van der Waals surface area (Å²) < 4.78 is 32.4. The van der Waals surface area contributed by atoms with Gasteiger partial charge in [0.2, 0.25) is 5.01 Å². The van der Waals surface area contributed by atoms with Crippen LogP contribution in [0.15, 0.2) is 5.38 Å². The molecule has 1 aromatic rings. The van der Waals surface area contributed by atoms with Crippen LogP contribution in [0.3, 0.4) is 0 Å². The van der Waals surface area contributed by atoms with Crippen LogP contribution in [-0.2, 0) is 7.05 Å². The number of halogens is 1. The van der Waals surface area contributed by atoms with Crippen LogP contribution in [0, 0.1) is 24.1 Å². The number of rotatable bonds is 0. The normalized spacial score (nSPS) is 11.9. The Morgan fingerprint density at radius 1 is 1.38 bits per heavy atom. The first-order valence-electron chi connectivity index (χ1n) is 3.28. The summed E-state index contributed by atoms with van der Waals surface area (Å²) in [6, 6.07) is 0. The first-order chi connectivity index (χ1) is 5.72. The van der Waals surface area contributed by atoms with E-state index < -0.39 is 10.2 Å². The zero-order chi connectivity index (χ0) is 10.6. The molecule has 0 spiro atoms. The summed E-state index contributed by atoms with van der Waals surface area (Å²) in [4.78, 5) is 0. The van der Waals surface area contributed by atoms with Crippen molar-refractivity contribution in [2.45, 2.75) is 13.8 Å². The summed E-state index contributed by atoms with van der Waals surface area (Å²) in [5.41, 5.74) is 1.34. The molecule has 1 aromatic heterocycles. The van der Waals surface area contributed by atoms with E-state index >= 15 is 0 Å². The van der Waals surface area contributed by atoms with Gasteiger partial charge in [-0.2, -0.15) is 4.57 Å². The maximum atomic E-state index is 8.83. The quantitative estimate of drug-likeness (QED) is 0.465. The van der Waals surface area contributed by atoms with E-state index in [1.165, 1.54) is 10.7 Å². The van der Waals surface area contributed by atoms with Crippen molar-refractivity contribution in [3.05, 3.63) is 16.1 Å². The summed E-state index contributed by atoms with van der Waals surface area (Å²) in [7, 11) is -2.11. The van der Waals surface area contributed by atoms with Crippen molar-refractivity contribution in [2.24, 2.45) is 7.05 Å². The van der Waals surface area contributed by atoms with E-state index in [9.17, 15) is 0 Å². The van der Waals surface area contributed by atoms with Crippen LogP contribution in [0.2, 0.25) is 0 Å². The van der Waals surface area contributed by atoms with Crippen LogP contribution in [0.5, 0.6) is 0 Å². The van der Waals surface area contributed by atoms with Crippen molar-refractivity contribution in [1.29, 1.82) is 0 Å². The Morgan fingerprint density at radius 2 is 1.77 bits per heavy atom.